The van der Waals surface area contributed by atoms with Crippen molar-refractivity contribution in [2.24, 2.45) is 11.3 Å². The molecule has 2 unspecified atom stereocenters. The molecule has 1 nitrogen and oxygen atoms in total. The molecular formula is C15H22ClN. The Morgan fingerprint density at radius 3 is 2.71 bits per heavy atom. The summed E-state index contributed by atoms with van der Waals surface area (Å²) in [5.74, 6) is 0.852. The van der Waals surface area contributed by atoms with Crippen molar-refractivity contribution >= 4 is 11.6 Å². The van der Waals surface area contributed by atoms with Crippen molar-refractivity contribution in [1.82, 2.24) is 5.32 Å². The molecule has 0 aromatic heterocycles. The third-order valence-corrected chi connectivity index (χ3v) is 4.13. The molecule has 1 saturated carbocycles. The predicted molar refractivity (Wildman–Crippen MR) is 74.5 cm³/mol. The van der Waals surface area contributed by atoms with E-state index in [1.807, 2.05) is 12.1 Å². The van der Waals surface area contributed by atoms with Gasteiger partial charge in [-0.2, -0.15) is 0 Å². The van der Waals surface area contributed by atoms with E-state index in [1.165, 1.54) is 31.4 Å². The van der Waals surface area contributed by atoms with Crippen molar-refractivity contribution in [3.05, 3.63) is 34.9 Å². The maximum Gasteiger partial charge on any atom is 0.0406 e. The van der Waals surface area contributed by atoms with Crippen LogP contribution in [0, 0.1) is 11.3 Å². The summed E-state index contributed by atoms with van der Waals surface area (Å²) in [6.07, 6.45) is 3.76. The Labute approximate surface area is 110 Å². The van der Waals surface area contributed by atoms with E-state index in [0.717, 1.165) is 17.5 Å². The molecule has 1 aromatic rings. The second-order valence-electron chi connectivity index (χ2n) is 5.56. The smallest absolute Gasteiger partial charge is 0.0406 e. The molecule has 0 spiro atoms. The summed E-state index contributed by atoms with van der Waals surface area (Å²) >= 11 is 5.90. The molecule has 2 heteroatoms. The van der Waals surface area contributed by atoms with Gasteiger partial charge in [-0.15, -0.1) is 0 Å². The fraction of sp³-hybridized carbons (Fsp3) is 0.600. The van der Waals surface area contributed by atoms with Crippen LogP contribution in [0.1, 0.15) is 32.3 Å². The van der Waals surface area contributed by atoms with Gasteiger partial charge in [-0.1, -0.05) is 37.6 Å². The van der Waals surface area contributed by atoms with Gasteiger partial charge in [0.15, 0.2) is 0 Å². The van der Waals surface area contributed by atoms with Gasteiger partial charge in [0, 0.05) is 5.02 Å². The standard InChI is InChI=1S/C15H22ClN/c1-3-8-17-11-13-10-15(13,2)9-12-4-6-14(16)7-5-12/h4-7,13,17H,3,8-11H2,1-2H3. The lowest BCUT2D eigenvalue weighted by atomic mass is 9.96. The monoisotopic (exact) mass is 251 g/mol. The number of rotatable bonds is 6. The van der Waals surface area contributed by atoms with Crippen molar-refractivity contribution < 1.29 is 0 Å². The Balaban J connectivity index is 1.82. The Hall–Kier alpha value is -0.530. The van der Waals surface area contributed by atoms with Crippen LogP contribution in [0.5, 0.6) is 0 Å². The van der Waals surface area contributed by atoms with E-state index in [4.69, 9.17) is 11.6 Å². The average molecular weight is 252 g/mol. The van der Waals surface area contributed by atoms with Crippen LogP contribution in [0.3, 0.4) is 0 Å². The summed E-state index contributed by atoms with van der Waals surface area (Å²) in [6, 6.07) is 8.30. The minimum absolute atomic E-state index is 0.509. The molecule has 0 radical (unpaired) electrons. The van der Waals surface area contributed by atoms with Crippen LogP contribution >= 0.6 is 11.6 Å². The van der Waals surface area contributed by atoms with Crippen molar-refractivity contribution in [2.45, 2.75) is 33.1 Å². The summed E-state index contributed by atoms with van der Waals surface area (Å²) in [4.78, 5) is 0. The van der Waals surface area contributed by atoms with Gasteiger partial charge in [-0.3, -0.25) is 0 Å². The summed E-state index contributed by atoms with van der Waals surface area (Å²) in [7, 11) is 0. The van der Waals surface area contributed by atoms with Crippen molar-refractivity contribution in [3.63, 3.8) is 0 Å². The molecule has 0 amide bonds. The van der Waals surface area contributed by atoms with Crippen LogP contribution in [0.4, 0.5) is 0 Å². The second-order valence-corrected chi connectivity index (χ2v) is 6.00. The van der Waals surface area contributed by atoms with Gasteiger partial charge in [0.05, 0.1) is 0 Å². The molecule has 1 aromatic carbocycles. The lowest BCUT2D eigenvalue weighted by Gasteiger charge is -2.12. The second kappa shape index (κ2) is 5.41. The van der Waals surface area contributed by atoms with Crippen LogP contribution in [-0.2, 0) is 6.42 Å². The number of nitrogens with one attached hydrogen (secondary N) is 1. The first kappa shape index (κ1) is 12.9. The molecule has 0 heterocycles. The maximum atomic E-state index is 5.90. The average Bonchev–Trinajstić information content (AvgIpc) is 2.93. The fourth-order valence-corrected chi connectivity index (χ4v) is 2.69. The van der Waals surface area contributed by atoms with Crippen molar-refractivity contribution in [3.8, 4) is 0 Å². The van der Waals surface area contributed by atoms with Crippen LogP contribution in [0.2, 0.25) is 5.02 Å². The van der Waals surface area contributed by atoms with Gasteiger partial charge < -0.3 is 5.32 Å². The summed E-state index contributed by atoms with van der Waals surface area (Å²) in [5, 5.41) is 4.36. The van der Waals surface area contributed by atoms with Crippen molar-refractivity contribution in [2.75, 3.05) is 13.1 Å². The van der Waals surface area contributed by atoms with E-state index < -0.39 is 0 Å². The Bertz CT molecular complexity index is 360. The highest BCUT2D eigenvalue weighted by molar-refractivity contribution is 6.30. The zero-order chi connectivity index (χ0) is 12.3. The summed E-state index contributed by atoms with van der Waals surface area (Å²) < 4.78 is 0. The molecule has 94 valence electrons. The van der Waals surface area contributed by atoms with Gasteiger partial charge >= 0.3 is 0 Å². The number of hydrogen-bond acceptors (Lipinski definition) is 1. The predicted octanol–water partition coefficient (Wildman–Crippen LogP) is 3.91. The zero-order valence-electron chi connectivity index (χ0n) is 10.8. The van der Waals surface area contributed by atoms with Gasteiger partial charge in [-0.05, 0) is 61.4 Å². The normalized spacial score (nSPS) is 27.1. The van der Waals surface area contributed by atoms with E-state index in [-0.39, 0.29) is 0 Å². The third kappa shape index (κ3) is 3.46. The van der Waals surface area contributed by atoms with E-state index in [0.29, 0.717) is 5.41 Å². The number of benzene rings is 1. The molecule has 1 aliphatic carbocycles. The molecule has 1 fully saturated rings. The Morgan fingerprint density at radius 1 is 1.35 bits per heavy atom. The fourth-order valence-electron chi connectivity index (χ4n) is 2.56. The van der Waals surface area contributed by atoms with Crippen LogP contribution in [0.15, 0.2) is 24.3 Å². The highest BCUT2D eigenvalue weighted by Crippen LogP contribution is 2.53. The summed E-state index contributed by atoms with van der Waals surface area (Å²) in [6.45, 7) is 6.94. The molecule has 0 saturated heterocycles. The van der Waals surface area contributed by atoms with E-state index in [2.05, 4.69) is 31.3 Å². The van der Waals surface area contributed by atoms with Crippen molar-refractivity contribution in [1.29, 1.82) is 0 Å². The lowest BCUT2D eigenvalue weighted by Crippen LogP contribution is -2.20. The van der Waals surface area contributed by atoms with Crippen LogP contribution in [0.25, 0.3) is 0 Å². The largest absolute Gasteiger partial charge is 0.316 e. The minimum atomic E-state index is 0.509. The van der Waals surface area contributed by atoms with Crippen LogP contribution < -0.4 is 5.32 Å². The first-order valence-electron chi connectivity index (χ1n) is 6.59. The topological polar surface area (TPSA) is 12.0 Å². The molecule has 0 aliphatic heterocycles. The minimum Gasteiger partial charge on any atom is -0.316 e. The molecule has 0 bridgehead atoms. The van der Waals surface area contributed by atoms with E-state index >= 15 is 0 Å². The maximum absolute atomic E-state index is 5.90. The number of halogens is 1. The van der Waals surface area contributed by atoms with Gasteiger partial charge in [-0.25, -0.2) is 0 Å². The third-order valence-electron chi connectivity index (χ3n) is 3.88. The lowest BCUT2D eigenvalue weighted by molar-refractivity contribution is 0.476. The quantitative estimate of drug-likeness (QED) is 0.756. The van der Waals surface area contributed by atoms with Gasteiger partial charge in [0.25, 0.3) is 0 Å². The highest BCUT2D eigenvalue weighted by Gasteiger charge is 2.48. The Morgan fingerprint density at radius 2 is 2.06 bits per heavy atom. The first-order chi connectivity index (χ1) is 8.14. The molecule has 1 aliphatic rings. The molecule has 2 atom stereocenters. The molecule has 1 N–H and O–H groups in total. The summed E-state index contributed by atoms with van der Waals surface area (Å²) in [5.41, 5.74) is 1.92. The first-order valence-corrected chi connectivity index (χ1v) is 6.97. The molecular weight excluding hydrogens is 230 g/mol. The molecule has 17 heavy (non-hydrogen) atoms. The number of hydrogen-bond donors (Lipinski definition) is 1. The van der Waals surface area contributed by atoms with Gasteiger partial charge in [0.2, 0.25) is 0 Å². The van der Waals surface area contributed by atoms with E-state index in [9.17, 15) is 0 Å². The molecule has 2 rings (SSSR count). The Kier molecular flexibility index (Phi) is 4.11. The zero-order valence-corrected chi connectivity index (χ0v) is 11.6. The highest BCUT2D eigenvalue weighted by atomic mass is 35.5. The van der Waals surface area contributed by atoms with Crippen LogP contribution in [-0.4, -0.2) is 13.1 Å². The van der Waals surface area contributed by atoms with E-state index in [1.54, 1.807) is 0 Å². The SMILES string of the molecule is CCCNCC1CC1(C)Cc1ccc(Cl)cc1. The van der Waals surface area contributed by atoms with Gasteiger partial charge in [0.1, 0.15) is 0 Å².